The summed E-state index contributed by atoms with van der Waals surface area (Å²) in [6, 6.07) is 6.88. The van der Waals surface area contributed by atoms with Crippen molar-refractivity contribution < 1.29 is 23.8 Å². The number of nitrogens with zero attached hydrogens (tertiary/aromatic N) is 1. The number of hydrogen-bond donors (Lipinski definition) is 1. The summed E-state index contributed by atoms with van der Waals surface area (Å²) < 4.78 is 17.4. The van der Waals surface area contributed by atoms with Crippen molar-refractivity contribution in [3.05, 3.63) is 29.8 Å². The predicted molar refractivity (Wildman–Crippen MR) is 121 cm³/mol. The number of ether oxygens (including phenoxy) is 2. The van der Waals surface area contributed by atoms with Gasteiger partial charge in [0.1, 0.15) is 11.4 Å². The van der Waals surface area contributed by atoms with Gasteiger partial charge in [-0.1, -0.05) is 32.9 Å². The second-order valence-electron chi connectivity index (χ2n) is 10.7. The second kappa shape index (κ2) is 8.89. The van der Waals surface area contributed by atoms with E-state index in [4.69, 9.17) is 13.9 Å². The maximum atomic E-state index is 12.9. The largest absolute Gasteiger partial charge is 0.497 e. The number of likely N-dealkylation sites (tertiary alicyclic amines) is 1. The molecule has 1 fully saturated rings. The monoisotopic (exact) mass is 437 g/mol. The number of amides is 1. The highest BCUT2D eigenvalue weighted by Gasteiger charge is 2.46. The first-order valence-corrected chi connectivity index (χ1v) is 13.5. The number of carbonyl (C=O) groups excluding carboxylic acids is 1. The van der Waals surface area contributed by atoms with E-state index in [0.29, 0.717) is 13.0 Å². The first kappa shape index (κ1) is 24.7. The molecule has 1 aromatic rings. The highest BCUT2D eigenvalue weighted by molar-refractivity contribution is 6.74. The molecule has 1 saturated heterocycles. The molecule has 1 aromatic carbocycles. The van der Waals surface area contributed by atoms with E-state index in [1.807, 2.05) is 45.0 Å². The summed E-state index contributed by atoms with van der Waals surface area (Å²) >= 11 is 0. The molecule has 0 radical (unpaired) electrons. The smallest absolute Gasteiger partial charge is 0.410 e. The molecule has 2 rings (SSSR count). The highest BCUT2D eigenvalue weighted by Crippen LogP contribution is 2.40. The minimum absolute atomic E-state index is 0.0659. The Kier molecular flexibility index (Phi) is 7.31. The van der Waals surface area contributed by atoms with Gasteiger partial charge in [-0.05, 0) is 63.0 Å². The number of hydrogen-bond acceptors (Lipinski definition) is 5. The zero-order valence-electron chi connectivity index (χ0n) is 20.0. The van der Waals surface area contributed by atoms with Crippen molar-refractivity contribution in [2.24, 2.45) is 0 Å². The fourth-order valence-electron chi connectivity index (χ4n) is 3.36. The summed E-state index contributed by atoms with van der Waals surface area (Å²) in [5.74, 6) is 0.723. The van der Waals surface area contributed by atoms with Crippen LogP contribution < -0.4 is 4.74 Å². The molecule has 1 heterocycles. The lowest BCUT2D eigenvalue weighted by atomic mass is 10.00. The third-order valence-corrected chi connectivity index (χ3v) is 10.6. The molecule has 1 aliphatic heterocycles. The first-order valence-electron chi connectivity index (χ1n) is 10.6. The maximum absolute atomic E-state index is 12.9. The van der Waals surface area contributed by atoms with Crippen LogP contribution in [0.5, 0.6) is 5.75 Å². The van der Waals surface area contributed by atoms with Crippen LogP contribution in [0.15, 0.2) is 24.3 Å². The van der Waals surface area contributed by atoms with Crippen molar-refractivity contribution >= 4 is 14.4 Å². The average Bonchev–Trinajstić information content (AvgIpc) is 3.02. The van der Waals surface area contributed by atoms with Crippen LogP contribution in [0, 0.1) is 0 Å². The Morgan fingerprint density at radius 3 is 2.17 bits per heavy atom. The van der Waals surface area contributed by atoms with Crippen LogP contribution in [0.2, 0.25) is 18.1 Å². The van der Waals surface area contributed by atoms with Gasteiger partial charge in [-0.3, -0.25) is 4.90 Å². The Labute approximate surface area is 182 Å². The van der Waals surface area contributed by atoms with Crippen LogP contribution in [0.4, 0.5) is 4.79 Å². The Hall–Kier alpha value is -1.57. The number of aliphatic hydroxyl groups is 1. The molecule has 6 nitrogen and oxygen atoms in total. The van der Waals surface area contributed by atoms with Gasteiger partial charge in [0.25, 0.3) is 0 Å². The molecular weight excluding hydrogens is 398 g/mol. The summed E-state index contributed by atoms with van der Waals surface area (Å²) in [6.45, 7) is 17.0. The van der Waals surface area contributed by atoms with E-state index in [9.17, 15) is 9.90 Å². The van der Waals surface area contributed by atoms with E-state index < -0.39 is 32.2 Å². The van der Waals surface area contributed by atoms with Crippen molar-refractivity contribution in [2.45, 2.75) is 89.9 Å². The van der Waals surface area contributed by atoms with Crippen LogP contribution in [0.3, 0.4) is 0 Å². The zero-order valence-corrected chi connectivity index (χ0v) is 21.0. The Morgan fingerprint density at radius 1 is 1.13 bits per heavy atom. The van der Waals surface area contributed by atoms with Crippen molar-refractivity contribution in [1.29, 1.82) is 0 Å². The predicted octanol–water partition coefficient (Wildman–Crippen LogP) is 5.13. The maximum Gasteiger partial charge on any atom is 0.410 e. The van der Waals surface area contributed by atoms with Gasteiger partial charge in [0, 0.05) is 6.54 Å². The molecule has 0 spiro atoms. The standard InChI is InChI=1S/C23H39NO5Si/c1-22(2,3)28-21(26)24-15-18(29-30(8,9)23(4,5)6)14-19(24)20(25)16-10-12-17(27-7)13-11-16/h10-13,18-20,25H,14-15H2,1-9H3/t18-,19+,20?/m1/s1. The van der Waals surface area contributed by atoms with Gasteiger partial charge in [-0.2, -0.15) is 0 Å². The number of aliphatic hydroxyl groups excluding tert-OH is 1. The number of benzene rings is 1. The molecule has 1 N–H and O–H groups in total. The van der Waals surface area contributed by atoms with E-state index in [0.717, 1.165) is 11.3 Å². The number of methoxy groups -OCH3 is 1. The van der Waals surface area contributed by atoms with E-state index >= 15 is 0 Å². The van der Waals surface area contributed by atoms with Crippen LogP contribution in [-0.2, 0) is 9.16 Å². The summed E-state index contributed by atoms with van der Waals surface area (Å²) in [6.07, 6.45) is -0.812. The highest BCUT2D eigenvalue weighted by atomic mass is 28.4. The summed E-state index contributed by atoms with van der Waals surface area (Å²) in [5, 5.41) is 11.2. The van der Waals surface area contributed by atoms with Crippen molar-refractivity contribution in [3.63, 3.8) is 0 Å². The van der Waals surface area contributed by atoms with Crippen LogP contribution >= 0.6 is 0 Å². The zero-order chi connectivity index (χ0) is 22.9. The molecule has 170 valence electrons. The lowest BCUT2D eigenvalue weighted by Crippen LogP contribution is -2.45. The average molecular weight is 438 g/mol. The molecular formula is C23H39NO5Si. The summed E-state index contributed by atoms with van der Waals surface area (Å²) in [7, 11) is -0.408. The molecule has 7 heteroatoms. The molecule has 0 bridgehead atoms. The molecule has 30 heavy (non-hydrogen) atoms. The normalized spacial score (nSPS) is 21.5. The fourth-order valence-corrected chi connectivity index (χ4v) is 4.72. The third kappa shape index (κ3) is 5.99. The Balaban J connectivity index is 2.27. The van der Waals surface area contributed by atoms with Gasteiger partial charge >= 0.3 is 6.09 Å². The lowest BCUT2D eigenvalue weighted by Gasteiger charge is -2.38. The van der Waals surface area contributed by atoms with E-state index in [2.05, 4.69) is 33.9 Å². The van der Waals surface area contributed by atoms with Gasteiger partial charge < -0.3 is 19.0 Å². The SMILES string of the molecule is COc1ccc(C(O)[C@@H]2C[C@@H](O[Si](C)(C)C(C)(C)C)CN2C(=O)OC(C)(C)C)cc1. The topological polar surface area (TPSA) is 68.2 Å². The third-order valence-electron chi connectivity index (χ3n) is 6.02. The van der Waals surface area contributed by atoms with Crippen molar-refractivity contribution in [1.82, 2.24) is 4.90 Å². The molecule has 1 amide bonds. The minimum atomic E-state index is -2.01. The minimum Gasteiger partial charge on any atom is -0.497 e. The summed E-state index contributed by atoms with van der Waals surface area (Å²) in [5.41, 5.74) is 0.132. The molecule has 0 saturated carbocycles. The van der Waals surface area contributed by atoms with E-state index in [1.54, 1.807) is 12.0 Å². The van der Waals surface area contributed by atoms with E-state index in [-0.39, 0.29) is 11.1 Å². The summed E-state index contributed by atoms with van der Waals surface area (Å²) in [4.78, 5) is 14.6. The second-order valence-corrected chi connectivity index (χ2v) is 15.4. The van der Waals surface area contributed by atoms with Crippen LogP contribution in [0.1, 0.15) is 59.6 Å². The van der Waals surface area contributed by atoms with Gasteiger partial charge in [-0.25, -0.2) is 4.79 Å². The molecule has 0 aromatic heterocycles. The first-order chi connectivity index (χ1) is 13.6. The quantitative estimate of drug-likeness (QED) is 0.647. The van der Waals surface area contributed by atoms with Gasteiger partial charge in [0.05, 0.1) is 25.4 Å². The molecule has 0 aliphatic carbocycles. The van der Waals surface area contributed by atoms with Gasteiger partial charge in [-0.15, -0.1) is 0 Å². The van der Waals surface area contributed by atoms with Crippen molar-refractivity contribution in [3.8, 4) is 5.75 Å². The molecule has 1 unspecified atom stereocenters. The van der Waals surface area contributed by atoms with Gasteiger partial charge in [0.15, 0.2) is 8.32 Å². The molecule has 1 aliphatic rings. The van der Waals surface area contributed by atoms with E-state index in [1.165, 1.54) is 0 Å². The van der Waals surface area contributed by atoms with Crippen molar-refractivity contribution in [2.75, 3.05) is 13.7 Å². The van der Waals surface area contributed by atoms with Crippen LogP contribution in [-0.4, -0.2) is 55.8 Å². The van der Waals surface area contributed by atoms with Crippen LogP contribution in [0.25, 0.3) is 0 Å². The Bertz CT molecular complexity index is 721. The van der Waals surface area contributed by atoms with Gasteiger partial charge in [0.2, 0.25) is 0 Å². The Morgan fingerprint density at radius 2 is 1.70 bits per heavy atom. The molecule has 3 atom stereocenters. The lowest BCUT2D eigenvalue weighted by molar-refractivity contribution is 0.00444. The number of carbonyl (C=O) groups is 1. The number of rotatable bonds is 5. The fraction of sp³-hybridized carbons (Fsp3) is 0.696.